The highest BCUT2D eigenvalue weighted by Gasteiger charge is 2.31. The van der Waals surface area contributed by atoms with Gasteiger partial charge in [-0.3, -0.25) is 9.59 Å². The molecule has 1 saturated heterocycles. The Morgan fingerprint density at radius 3 is 2.74 bits per heavy atom. The van der Waals surface area contributed by atoms with Gasteiger partial charge in [0.2, 0.25) is 5.91 Å². The van der Waals surface area contributed by atoms with Crippen molar-refractivity contribution in [2.24, 2.45) is 0 Å². The van der Waals surface area contributed by atoms with Crippen molar-refractivity contribution in [3.05, 3.63) is 35.9 Å². The van der Waals surface area contributed by atoms with Crippen LogP contribution >= 0.6 is 0 Å². The number of nitrogens with one attached hydrogen (secondary N) is 1. The molecule has 6 heteroatoms. The van der Waals surface area contributed by atoms with Gasteiger partial charge in [0.25, 0.3) is 5.91 Å². The average molecular weight is 320 g/mol. The Labute approximate surface area is 136 Å². The molecule has 6 nitrogen and oxygen atoms in total. The molecule has 1 aliphatic rings. The molecule has 23 heavy (non-hydrogen) atoms. The smallest absolute Gasteiger partial charge is 0.253 e. The molecular weight excluding hydrogens is 296 g/mol. The van der Waals surface area contributed by atoms with Crippen LogP contribution < -0.4 is 5.32 Å². The third-order valence-corrected chi connectivity index (χ3v) is 3.91. The van der Waals surface area contributed by atoms with Gasteiger partial charge in [-0.05, 0) is 25.5 Å². The summed E-state index contributed by atoms with van der Waals surface area (Å²) in [6.07, 6.45) is 0.0663. The predicted octanol–water partition coefficient (Wildman–Crippen LogP) is 0.805. The minimum atomic E-state index is -0.757. The summed E-state index contributed by atoms with van der Waals surface area (Å²) >= 11 is 0. The topological polar surface area (TPSA) is 78.9 Å². The van der Waals surface area contributed by atoms with Crippen molar-refractivity contribution in [1.29, 1.82) is 0 Å². The average Bonchev–Trinajstić information content (AvgIpc) is 2.57. The molecule has 0 aromatic heterocycles. The van der Waals surface area contributed by atoms with Crippen molar-refractivity contribution in [1.82, 2.24) is 10.2 Å². The van der Waals surface area contributed by atoms with Crippen LogP contribution in [0.15, 0.2) is 30.3 Å². The zero-order valence-corrected chi connectivity index (χ0v) is 13.4. The van der Waals surface area contributed by atoms with Crippen molar-refractivity contribution in [3.8, 4) is 0 Å². The molecule has 126 valence electrons. The summed E-state index contributed by atoms with van der Waals surface area (Å²) in [6.45, 7) is 3.58. The normalized spacial score (nSPS) is 21.0. The second kappa shape index (κ2) is 8.64. The summed E-state index contributed by atoms with van der Waals surface area (Å²) in [5.41, 5.74) is 0.610. The number of nitrogens with zero attached hydrogens (tertiary/aromatic N) is 1. The zero-order chi connectivity index (χ0) is 16.7. The highest BCUT2D eigenvalue weighted by atomic mass is 16.5. The van der Waals surface area contributed by atoms with E-state index >= 15 is 0 Å². The fourth-order valence-corrected chi connectivity index (χ4v) is 2.64. The molecule has 1 aromatic rings. The number of piperidine rings is 1. The van der Waals surface area contributed by atoms with Gasteiger partial charge in [-0.2, -0.15) is 0 Å². The summed E-state index contributed by atoms with van der Waals surface area (Å²) in [6, 6.07) is 8.69. The van der Waals surface area contributed by atoms with Crippen LogP contribution in [0, 0.1) is 0 Å². The number of carbonyl (C=O) groups is 2. The van der Waals surface area contributed by atoms with Crippen LogP contribution in [0.4, 0.5) is 0 Å². The number of hydrogen-bond donors (Lipinski definition) is 2. The third kappa shape index (κ3) is 5.04. The van der Waals surface area contributed by atoms with Crippen molar-refractivity contribution in [2.75, 3.05) is 26.3 Å². The molecule has 1 heterocycles. The van der Waals surface area contributed by atoms with E-state index in [1.165, 1.54) is 0 Å². The lowest BCUT2D eigenvalue weighted by molar-refractivity contribution is -0.124. The van der Waals surface area contributed by atoms with Crippen LogP contribution in [0.2, 0.25) is 0 Å². The van der Waals surface area contributed by atoms with Gasteiger partial charge in [-0.25, -0.2) is 0 Å². The Morgan fingerprint density at radius 2 is 2.09 bits per heavy atom. The fourth-order valence-electron chi connectivity index (χ4n) is 2.64. The van der Waals surface area contributed by atoms with Gasteiger partial charge < -0.3 is 20.1 Å². The second-order valence-electron chi connectivity index (χ2n) is 5.59. The van der Waals surface area contributed by atoms with Crippen LogP contribution in [-0.2, 0) is 9.53 Å². The Morgan fingerprint density at radius 1 is 1.35 bits per heavy atom. The lowest BCUT2D eigenvalue weighted by atomic mass is 10.0. The summed E-state index contributed by atoms with van der Waals surface area (Å²) in [5.74, 6) is -0.226. The fraction of sp³-hybridized carbons (Fsp3) is 0.529. The number of benzene rings is 1. The van der Waals surface area contributed by atoms with Gasteiger partial charge >= 0.3 is 0 Å². The van der Waals surface area contributed by atoms with Crippen LogP contribution in [0.5, 0.6) is 0 Å². The van der Waals surface area contributed by atoms with E-state index in [1.54, 1.807) is 17.0 Å². The lowest BCUT2D eigenvalue weighted by Gasteiger charge is -2.36. The second-order valence-corrected chi connectivity index (χ2v) is 5.59. The van der Waals surface area contributed by atoms with Gasteiger partial charge in [0.15, 0.2) is 0 Å². The maximum absolute atomic E-state index is 12.4. The summed E-state index contributed by atoms with van der Waals surface area (Å²) < 4.78 is 5.14. The molecule has 1 aromatic carbocycles. The standard InChI is InChI=1S/C17H24N2O4/c1-2-23-11-9-16(21)18-14-8-10-19(12-15(14)20)17(22)13-6-4-3-5-7-13/h3-7,14-15,20H,2,8-12H2,1H3,(H,18,21)/t14-,15-/m1/s1. The lowest BCUT2D eigenvalue weighted by Crippen LogP contribution is -2.55. The van der Waals surface area contributed by atoms with Crippen molar-refractivity contribution in [3.63, 3.8) is 0 Å². The Hall–Kier alpha value is -1.92. The first-order chi connectivity index (χ1) is 11.1. The van der Waals surface area contributed by atoms with Crippen LogP contribution in [0.3, 0.4) is 0 Å². The van der Waals surface area contributed by atoms with E-state index < -0.39 is 6.10 Å². The molecule has 0 bridgehead atoms. The van der Waals surface area contributed by atoms with Gasteiger partial charge in [0, 0.05) is 31.7 Å². The molecule has 0 unspecified atom stereocenters. The highest BCUT2D eigenvalue weighted by molar-refractivity contribution is 5.94. The molecule has 2 N–H and O–H groups in total. The first kappa shape index (κ1) is 17.4. The van der Waals surface area contributed by atoms with Crippen LogP contribution in [0.1, 0.15) is 30.1 Å². The summed E-state index contributed by atoms with van der Waals surface area (Å²) in [7, 11) is 0. The number of carbonyl (C=O) groups excluding carboxylic acids is 2. The quantitative estimate of drug-likeness (QED) is 0.760. The van der Waals surface area contributed by atoms with E-state index in [4.69, 9.17) is 4.74 Å². The zero-order valence-electron chi connectivity index (χ0n) is 13.4. The number of aliphatic hydroxyl groups excluding tert-OH is 1. The third-order valence-electron chi connectivity index (χ3n) is 3.91. The molecular formula is C17H24N2O4. The first-order valence-corrected chi connectivity index (χ1v) is 8.01. The van der Waals surface area contributed by atoms with E-state index in [9.17, 15) is 14.7 Å². The van der Waals surface area contributed by atoms with Gasteiger partial charge in [0.1, 0.15) is 0 Å². The first-order valence-electron chi connectivity index (χ1n) is 8.01. The van der Waals surface area contributed by atoms with Crippen molar-refractivity contribution in [2.45, 2.75) is 31.9 Å². The van der Waals surface area contributed by atoms with E-state index in [-0.39, 0.29) is 30.8 Å². The van der Waals surface area contributed by atoms with Gasteiger partial charge in [-0.1, -0.05) is 18.2 Å². The van der Waals surface area contributed by atoms with E-state index in [0.29, 0.717) is 31.7 Å². The number of β-amino-alcohol motifs (C(OH)–C–C–N with tert-alkyl or cyclic N) is 1. The number of hydrogen-bond acceptors (Lipinski definition) is 4. The van der Waals surface area contributed by atoms with Crippen molar-refractivity contribution >= 4 is 11.8 Å². The maximum atomic E-state index is 12.4. The summed E-state index contributed by atoms with van der Waals surface area (Å²) in [5, 5.41) is 13.0. The van der Waals surface area contributed by atoms with Gasteiger partial charge in [-0.15, -0.1) is 0 Å². The van der Waals surface area contributed by atoms with Crippen LogP contribution in [-0.4, -0.2) is 60.3 Å². The van der Waals surface area contributed by atoms with Crippen molar-refractivity contribution < 1.29 is 19.4 Å². The Kier molecular flexibility index (Phi) is 6.55. The molecule has 0 spiro atoms. The molecule has 0 aliphatic carbocycles. The number of aliphatic hydroxyl groups is 1. The Bertz CT molecular complexity index is 521. The molecule has 1 fully saturated rings. The molecule has 0 radical (unpaired) electrons. The number of likely N-dealkylation sites (tertiary alicyclic amines) is 1. The van der Waals surface area contributed by atoms with E-state index in [0.717, 1.165) is 0 Å². The molecule has 2 atom stereocenters. The monoisotopic (exact) mass is 320 g/mol. The van der Waals surface area contributed by atoms with Gasteiger partial charge in [0.05, 0.1) is 18.8 Å². The van der Waals surface area contributed by atoms with E-state index in [2.05, 4.69) is 5.32 Å². The van der Waals surface area contributed by atoms with Crippen LogP contribution in [0.25, 0.3) is 0 Å². The van der Waals surface area contributed by atoms with E-state index in [1.807, 2.05) is 25.1 Å². The predicted molar refractivity (Wildman–Crippen MR) is 86.0 cm³/mol. The number of rotatable bonds is 6. The molecule has 0 saturated carbocycles. The molecule has 2 amide bonds. The Balaban J connectivity index is 1.83. The molecule has 1 aliphatic heterocycles. The molecule has 2 rings (SSSR count). The number of amides is 2. The highest BCUT2D eigenvalue weighted by Crippen LogP contribution is 2.15. The number of ether oxygens (including phenoxy) is 1. The minimum absolute atomic E-state index is 0.0919. The largest absolute Gasteiger partial charge is 0.389 e. The summed E-state index contributed by atoms with van der Waals surface area (Å²) in [4.78, 5) is 25.8. The maximum Gasteiger partial charge on any atom is 0.253 e. The SMILES string of the molecule is CCOCCC(=O)N[C@@H]1CCN(C(=O)c2ccccc2)C[C@H]1O. The minimum Gasteiger partial charge on any atom is -0.389 e.